The number of carbonyl (C=O) groups is 1. The van der Waals surface area contributed by atoms with E-state index < -0.39 is 10.0 Å². The summed E-state index contributed by atoms with van der Waals surface area (Å²) in [5.74, 6) is 0.591. The van der Waals surface area contributed by atoms with Gasteiger partial charge in [0.25, 0.3) is 0 Å². The smallest absolute Gasteiger partial charge is 0.219 e. The quantitative estimate of drug-likeness (QED) is 0.865. The molecule has 0 saturated carbocycles. The van der Waals surface area contributed by atoms with Crippen LogP contribution >= 0.6 is 0 Å². The van der Waals surface area contributed by atoms with Gasteiger partial charge in [-0.05, 0) is 30.0 Å². The van der Waals surface area contributed by atoms with Crippen molar-refractivity contribution >= 4 is 21.6 Å². The van der Waals surface area contributed by atoms with E-state index in [0.29, 0.717) is 13.0 Å². The summed E-state index contributed by atoms with van der Waals surface area (Å²) in [7, 11) is -3.05. The van der Waals surface area contributed by atoms with Crippen molar-refractivity contribution in [2.24, 2.45) is 0 Å². The molecule has 6 nitrogen and oxygen atoms in total. The Kier molecular flexibility index (Phi) is 4.59. The van der Waals surface area contributed by atoms with Crippen LogP contribution in [0.3, 0.4) is 0 Å². The van der Waals surface area contributed by atoms with E-state index in [2.05, 4.69) is 33.9 Å². The van der Waals surface area contributed by atoms with Gasteiger partial charge in [-0.1, -0.05) is 12.1 Å². The number of amides is 1. The lowest BCUT2D eigenvalue weighted by Crippen LogP contribution is -2.48. The minimum atomic E-state index is -3.05. The highest BCUT2D eigenvalue weighted by Gasteiger charge is 2.24. The Bertz CT molecular complexity index is 650. The van der Waals surface area contributed by atoms with Crippen LogP contribution in [0.15, 0.2) is 24.3 Å². The standard InChI is InChI=1S/C16H23N3O3S/c1-13(20)18-7-9-19(10-8-18)16-4-2-14(3-5-16)15-6-11-23(21,22)17-12-15/h2-5,15,17H,6-12H2,1H3. The van der Waals surface area contributed by atoms with Gasteiger partial charge in [0.1, 0.15) is 0 Å². The summed E-state index contributed by atoms with van der Waals surface area (Å²) >= 11 is 0. The number of nitrogens with zero attached hydrogens (tertiary/aromatic N) is 2. The molecule has 3 rings (SSSR count). The first-order valence-electron chi connectivity index (χ1n) is 8.02. The van der Waals surface area contributed by atoms with Crippen LogP contribution in [0.25, 0.3) is 0 Å². The Morgan fingerprint density at radius 1 is 1.13 bits per heavy atom. The number of hydrogen-bond acceptors (Lipinski definition) is 4. The van der Waals surface area contributed by atoms with Gasteiger partial charge in [-0.3, -0.25) is 4.79 Å². The second kappa shape index (κ2) is 6.49. The SMILES string of the molecule is CC(=O)N1CCN(c2ccc(C3CCS(=O)(=O)NC3)cc2)CC1. The lowest BCUT2D eigenvalue weighted by molar-refractivity contribution is -0.129. The molecule has 23 heavy (non-hydrogen) atoms. The number of hydrogen-bond donors (Lipinski definition) is 1. The number of rotatable bonds is 2. The van der Waals surface area contributed by atoms with Crippen LogP contribution in [-0.2, 0) is 14.8 Å². The maximum absolute atomic E-state index is 11.4. The van der Waals surface area contributed by atoms with Crippen molar-refractivity contribution in [1.29, 1.82) is 0 Å². The average molecular weight is 337 g/mol. The number of piperazine rings is 1. The zero-order valence-corrected chi connectivity index (χ0v) is 14.2. The maximum atomic E-state index is 11.4. The maximum Gasteiger partial charge on any atom is 0.219 e. The monoisotopic (exact) mass is 337 g/mol. The molecule has 2 aliphatic rings. The molecule has 7 heteroatoms. The van der Waals surface area contributed by atoms with Crippen molar-refractivity contribution in [2.45, 2.75) is 19.3 Å². The first-order valence-corrected chi connectivity index (χ1v) is 9.67. The van der Waals surface area contributed by atoms with Crippen molar-refractivity contribution in [3.63, 3.8) is 0 Å². The molecule has 0 bridgehead atoms. The fourth-order valence-electron chi connectivity index (χ4n) is 3.22. The summed E-state index contributed by atoms with van der Waals surface area (Å²) in [6, 6.07) is 8.39. The molecule has 1 aromatic carbocycles. The zero-order chi connectivity index (χ0) is 16.4. The summed E-state index contributed by atoms with van der Waals surface area (Å²) < 4.78 is 25.5. The first kappa shape index (κ1) is 16.3. The van der Waals surface area contributed by atoms with Crippen molar-refractivity contribution in [3.8, 4) is 0 Å². The highest BCUT2D eigenvalue weighted by Crippen LogP contribution is 2.26. The molecule has 2 heterocycles. The molecular weight excluding hydrogens is 314 g/mol. The molecule has 1 amide bonds. The normalized spacial score (nSPS) is 24.5. The van der Waals surface area contributed by atoms with Crippen molar-refractivity contribution in [2.75, 3.05) is 43.4 Å². The summed E-state index contributed by atoms with van der Waals surface area (Å²) in [5.41, 5.74) is 2.34. The van der Waals surface area contributed by atoms with Crippen LogP contribution in [-0.4, -0.2) is 57.7 Å². The van der Waals surface area contributed by atoms with Gasteiger partial charge in [-0.2, -0.15) is 0 Å². The Balaban J connectivity index is 1.61. The van der Waals surface area contributed by atoms with E-state index in [1.807, 2.05) is 4.90 Å². The third kappa shape index (κ3) is 3.84. The van der Waals surface area contributed by atoms with Crippen molar-refractivity contribution < 1.29 is 13.2 Å². The predicted octanol–water partition coefficient (Wildman–Crippen LogP) is 0.762. The number of anilines is 1. The molecule has 1 unspecified atom stereocenters. The molecule has 1 N–H and O–H groups in total. The topological polar surface area (TPSA) is 69.7 Å². The Labute approximate surface area is 137 Å². The average Bonchev–Trinajstić information content (AvgIpc) is 2.55. The molecule has 0 aromatic heterocycles. The van der Waals surface area contributed by atoms with E-state index in [1.165, 1.54) is 5.56 Å². The minimum absolute atomic E-state index is 0.139. The largest absolute Gasteiger partial charge is 0.368 e. The Morgan fingerprint density at radius 2 is 1.78 bits per heavy atom. The zero-order valence-electron chi connectivity index (χ0n) is 13.4. The van der Waals surface area contributed by atoms with Gasteiger partial charge >= 0.3 is 0 Å². The molecule has 1 aromatic rings. The van der Waals surface area contributed by atoms with Gasteiger partial charge in [-0.15, -0.1) is 0 Å². The van der Waals surface area contributed by atoms with E-state index in [1.54, 1.807) is 6.92 Å². The van der Waals surface area contributed by atoms with Crippen molar-refractivity contribution in [3.05, 3.63) is 29.8 Å². The molecular formula is C16H23N3O3S. The van der Waals surface area contributed by atoms with Gasteiger partial charge in [0.05, 0.1) is 5.75 Å². The summed E-state index contributed by atoms with van der Waals surface area (Å²) in [4.78, 5) is 15.5. The van der Waals surface area contributed by atoms with E-state index in [0.717, 1.165) is 31.9 Å². The fraction of sp³-hybridized carbons (Fsp3) is 0.562. The van der Waals surface area contributed by atoms with Gasteiger partial charge in [0.2, 0.25) is 15.9 Å². The van der Waals surface area contributed by atoms with Crippen LogP contribution in [0.1, 0.15) is 24.8 Å². The molecule has 0 aliphatic carbocycles. The van der Waals surface area contributed by atoms with E-state index in [-0.39, 0.29) is 17.6 Å². The van der Waals surface area contributed by atoms with E-state index in [9.17, 15) is 13.2 Å². The minimum Gasteiger partial charge on any atom is -0.368 e. The highest BCUT2D eigenvalue weighted by atomic mass is 32.2. The highest BCUT2D eigenvalue weighted by molar-refractivity contribution is 7.89. The molecule has 2 aliphatic heterocycles. The molecule has 0 radical (unpaired) electrons. The van der Waals surface area contributed by atoms with Crippen LogP contribution in [0, 0.1) is 0 Å². The number of carbonyl (C=O) groups excluding carboxylic acids is 1. The Morgan fingerprint density at radius 3 is 2.30 bits per heavy atom. The number of nitrogens with one attached hydrogen (secondary N) is 1. The second-order valence-electron chi connectivity index (χ2n) is 6.24. The number of benzene rings is 1. The van der Waals surface area contributed by atoms with Gasteiger partial charge in [0.15, 0.2) is 0 Å². The second-order valence-corrected chi connectivity index (χ2v) is 8.16. The summed E-state index contributed by atoms with van der Waals surface area (Å²) in [5, 5.41) is 0. The summed E-state index contributed by atoms with van der Waals surface area (Å²) in [6.07, 6.45) is 0.673. The molecule has 2 saturated heterocycles. The van der Waals surface area contributed by atoms with Gasteiger partial charge < -0.3 is 9.80 Å². The van der Waals surface area contributed by atoms with Crippen LogP contribution < -0.4 is 9.62 Å². The van der Waals surface area contributed by atoms with Gasteiger partial charge in [0, 0.05) is 45.3 Å². The third-order valence-corrected chi connectivity index (χ3v) is 6.12. The van der Waals surface area contributed by atoms with E-state index in [4.69, 9.17) is 0 Å². The number of sulfonamides is 1. The lowest BCUT2D eigenvalue weighted by Gasteiger charge is -2.35. The van der Waals surface area contributed by atoms with E-state index >= 15 is 0 Å². The van der Waals surface area contributed by atoms with Gasteiger partial charge in [-0.25, -0.2) is 13.1 Å². The fourth-order valence-corrected chi connectivity index (χ4v) is 4.41. The molecule has 0 spiro atoms. The predicted molar refractivity (Wildman–Crippen MR) is 90.1 cm³/mol. The van der Waals surface area contributed by atoms with Crippen molar-refractivity contribution in [1.82, 2.24) is 9.62 Å². The first-order chi connectivity index (χ1) is 10.9. The summed E-state index contributed by atoms with van der Waals surface area (Å²) in [6.45, 7) is 5.33. The third-order valence-electron chi connectivity index (χ3n) is 4.74. The van der Waals surface area contributed by atoms with Crippen LogP contribution in [0.2, 0.25) is 0 Å². The Hall–Kier alpha value is -1.60. The lowest BCUT2D eigenvalue weighted by atomic mass is 9.96. The van der Waals surface area contributed by atoms with Crippen LogP contribution in [0.5, 0.6) is 0 Å². The molecule has 126 valence electrons. The molecule has 2 fully saturated rings. The molecule has 1 atom stereocenters. The van der Waals surface area contributed by atoms with Crippen LogP contribution in [0.4, 0.5) is 5.69 Å².